The fraction of sp³-hybridized carbons (Fsp3) is 0.312. The number of nitrogens with one attached hydrogen (secondary N) is 1. The monoisotopic (exact) mass is 641 g/mol. The SMILES string of the molecule is CNC(=O)[C@@H]1CCCN1S(=O)(=O)c1ccc(Cl)c(COc2cccc3c(OCc4ccccc4)cc(C(C)C)nc23)c1Cl. The average molecular weight is 643 g/mol. The molecule has 226 valence electrons. The zero-order chi connectivity index (χ0) is 30.7. The quantitative estimate of drug-likeness (QED) is 0.206. The number of pyridine rings is 1. The third-order valence-corrected chi connectivity index (χ3v) is 10.3. The molecule has 3 aromatic carbocycles. The Balaban J connectivity index is 1.46. The highest BCUT2D eigenvalue weighted by atomic mass is 35.5. The number of sulfonamides is 1. The lowest BCUT2D eigenvalue weighted by atomic mass is 10.1. The van der Waals surface area contributed by atoms with Crippen molar-refractivity contribution < 1.29 is 22.7 Å². The number of likely N-dealkylation sites (N-methyl/N-ethyl adjacent to an activating group) is 1. The van der Waals surface area contributed by atoms with Gasteiger partial charge in [-0.15, -0.1) is 0 Å². The highest BCUT2D eigenvalue weighted by molar-refractivity contribution is 7.89. The van der Waals surface area contributed by atoms with Crippen molar-refractivity contribution >= 4 is 50.0 Å². The van der Waals surface area contributed by atoms with Gasteiger partial charge in [0.15, 0.2) is 0 Å². The Hall–Kier alpha value is -3.37. The molecule has 5 rings (SSSR count). The Labute approximate surface area is 262 Å². The van der Waals surface area contributed by atoms with Crippen LogP contribution in [-0.2, 0) is 28.0 Å². The van der Waals surface area contributed by atoms with Gasteiger partial charge in [-0.1, -0.05) is 73.4 Å². The van der Waals surface area contributed by atoms with Gasteiger partial charge in [-0.3, -0.25) is 4.79 Å². The van der Waals surface area contributed by atoms with E-state index in [9.17, 15) is 13.2 Å². The molecule has 1 fully saturated rings. The van der Waals surface area contributed by atoms with Crippen LogP contribution in [0.3, 0.4) is 0 Å². The second-order valence-corrected chi connectivity index (χ2v) is 13.3. The fourth-order valence-corrected chi connectivity index (χ4v) is 7.64. The van der Waals surface area contributed by atoms with Crippen molar-refractivity contribution in [2.24, 2.45) is 0 Å². The van der Waals surface area contributed by atoms with Crippen LogP contribution in [0.15, 0.2) is 71.6 Å². The van der Waals surface area contributed by atoms with E-state index in [1.165, 1.54) is 23.5 Å². The Morgan fingerprint density at radius 3 is 2.49 bits per heavy atom. The van der Waals surface area contributed by atoms with Crippen LogP contribution in [0.25, 0.3) is 10.9 Å². The van der Waals surface area contributed by atoms with E-state index in [0.29, 0.717) is 42.0 Å². The number of rotatable bonds is 10. The summed E-state index contributed by atoms with van der Waals surface area (Å²) >= 11 is 13.2. The molecule has 43 heavy (non-hydrogen) atoms. The largest absolute Gasteiger partial charge is 0.488 e. The minimum Gasteiger partial charge on any atom is -0.488 e. The van der Waals surface area contributed by atoms with Gasteiger partial charge in [0.2, 0.25) is 15.9 Å². The first-order valence-corrected chi connectivity index (χ1v) is 16.2. The summed E-state index contributed by atoms with van der Waals surface area (Å²) in [6.45, 7) is 4.62. The molecule has 0 radical (unpaired) electrons. The maximum Gasteiger partial charge on any atom is 0.245 e. The van der Waals surface area contributed by atoms with Gasteiger partial charge < -0.3 is 14.8 Å². The van der Waals surface area contributed by atoms with Crippen molar-refractivity contribution in [2.45, 2.75) is 56.8 Å². The van der Waals surface area contributed by atoms with Crippen LogP contribution in [0.4, 0.5) is 0 Å². The molecule has 0 saturated carbocycles. The molecule has 8 nitrogen and oxygen atoms in total. The van der Waals surface area contributed by atoms with Gasteiger partial charge in [0, 0.05) is 41.3 Å². The minimum atomic E-state index is -4.08. The van der Waals surface area contributed by atoms with Crippen molar-refractivity contribution in [1.29, 1.82) is 0 Å². The normalized spacial score (nSPS) is 15.6. The molecule has 1 aromatic heterocycles. The number of halogens is 2. The van der Waals surface area contributed by atoms with E-state index < -0.39 is 16.1 Å². The molecular weight excluding hydrogens is 609 g/mol. The second kappa shape index (κ2) is 13.1. The maximum atomic E-state index is 13.7. The average Bonchev–Trinajstić information content (AvgIpc) is 3.51. The number of nitrogens with zero attached hydrogens (tertiary/aromatic N) is 2. The first kappa shape index (κ1) is 31.1. The second-order valence-electron chi connectivity index (χ2n) is 10.6. The molecule has 1 amide bonds. The van der Waals surface area contributed by atoms with Gasteiger partial charge in [-0.05, 0) is 48.6 Å². The third kappa shape index (κ3) is 6.45. The predicted molar refractivity (Wildman–Crippen MR) is 168 cm³/mol. The lowest BCUT2D eigenvalue weighted by Crippen LogP contribution is -2.44. The molecular formula is C32H33Cl2N3O5S. The number of para-hydroxylation sites is 1. The maximum absolute atomic E-state index is 13.7. The van der Waals surface area contributed by atoms with E-state index in [-0.39, 0.29) is 39.9 Å². The smallest absolute Gasteiger partial charge is 0.245 e. The van der Waals surface area contributed by atoms with Crippen molar-refractivity contribution in [3.63, 3.8) is 0 Å². The number of benzene rings is 3. The number of carbonyl (C=O) groups is 1. The standard InChI is InChI=1S/C32H33Cl2N3O5S/c1-20(2)25-17-28(41-18-21-9-5-4-6-10-21)22-11-7-13-27(31(22)36-25)42-19-23-24(33)14-15-29(30(23)34)43(39,40)37-16-8-12-26(37)32(38)35-3/h4-7,9-11,13-15,17,20,26H,8,12,16,18-19H2,1-3H3,(H,35,38)/t26-/m0/s1. The van der Waals surface area contributed by atoms with Crippen LogP contribution in [0.1, 0.15) is 49.4 Å². The third-order valence-electron chi connectivity index (χ3n) is 7.48. The van der Waals surface area contributed by atoms with Crippen molar-refractivity contribution in [3.05, 3.63) is 93.6 Å². The van der Waals surface area contributed by atoms with Crippen LogP contribution in [-0.4, -0.2) is 43.2 Å². The summed E-state index contributed by atoms with van der Waals surface area (Å²) in [5, 5.41) is 3.54. The molecule has 0 bridgehead atoms. The molecule has 1 atom stereocenters. The molecule has 0 spiro atoms. The highest BCUT2D eigenvalue weighted by Crippen LogP contribution is 2.38. The van der Waals surface area contributed by atoms with Gasteiger partial charge in [0.05, 0.1) is 5.02 Å². The Morgan fingerprint density at radius 1 is 1.02 bits per heavy atom. The molecule has 1 saturated heterocycles. The lowest BCUT2D eigenvalue weighted by Gasteiger charge is -2.24. The lowest BCUT2D eigenvalue weighted by molar-refractivity contribution is -0.123. The first-order valence-electron chi connectivity index (χ1n) is 14.0. The molecule has 1 aliphatic heterocycles. The summed E-state index contributed by atoms with van der Waals surface area (Å²) in [6, 6.07) is 19.5. The van der Waals surface area contributed by atoms with E-state index in [0.717, 1.165) is 16.6 Å². The number of ether oxygens (including phenoxy) is 2. The molecule has 1 aliphatic rings. The first-order chi connectivity index (χ1) is 20.6. The molecule has 0 unspecified atom stereocenters. The van der Waals surface area contributed by atoms with Gasteiger partial charge in [0.1, 0.15) is 41.2 Å². The summed E-state index contributed by atoms with van der Waals surface area (Å²) in [7, 11) is -2.60. The van der Waals surface area contributed by atoms with E-state index in [1.807, 2.05) is 48.5 Å². The van der Waals surface area contributed by atoms with Gasteiger partial charge in [-0.2, -0.15) is 4.31 Å². The van der Waals surface area contributed by atoms with Crippen LogP contribution in [0.5, 0.6) is 11.5 Å². The number of hydrogen-bond donors (Lipinski definition) is 1. The van der Waals surface area contributed by atoms with Crippen LogP contribution < -0.4 is 14.8 Å². The number of aromatic nitrogens is 1. The number of carbonyl (C=O) groups excluding carboxylic acids is 1. The molecule has 0 aliphatic carbocycles. The van der Waals surface area contributed by atoms with Crippen molar-refractivity contribution in [1.82, 2.24) is 14.6 Å². The van der Waals surface area contributed by atoms with Crippen LogP contribution in [0.2, 0.25) is 10.0 Å². The number of amides is 1. The summed E-state index contributed by atoms with van der Waals surface area (Å²) in [5.41, 5.74) is 2.81. The van der Waals surface area contributed by atoms with Gasteiger partial charge in [0.25, 0.3) is 0 Å². The summed E-state index contributed by atoms with van der Waals surface area (Å²) in [4.78, 5) is 17.1. The summed E-state index contributed by atoms with van der Waals surface area (Å²) in [5.74, 6) is 0.935. The highest BCUT2D eigenvalue weighted by Gasteiger charge is 2.40. The van der Waals surface area contributed by atoms with E-state index in [2.05, 4.69) is 19.2 Å². The Morgan fingerprint density at radius 2 is 1.77 bits per heavy atom. The van der Waals surface area contributed by atoms with Crippen molar-refractivity contribution in [2.75, 3.05) is 13.6 Å². The molecule has 1 N–H and O–H groups in total. The van der Waals surface area contributed by atoms with Crippen LogP contribution >= 0.6 is 23.2 Å². The van der Waals surface area contributed by atoms with Crippen molar-refractivity contribution in [3.8, 4) is 11.5 Å². The molecule has 11 heteroatoms. The van der Waals surface area contributed by atoms with Gasteiger partial charge in [-0.25, -0.2) is 13.4 Å². The summed E-state index contributed by atoms with van der Waals surface area (Å²) in [6.07, 6.45) is 1.01. The van der Waals surface area contributed by atoms with E-state index >= 15 is 0 Å². The fourth-order valence-electron chi connectivity index (χ4n) is 5.12. The number of hydrogen-bond acceptors (Lipinski definition) is 6. The Bertz CT molecular complexity index is 1750. The number of fused-ring (bicyclic) bond motifs is 1. The van der Waals surface area contributed by atoms with Gasteiger partial charge >= 0.3 is 0 Å². The summed E-state index contributed by atoms with van der Waals surface area (Å²) < 4.78 is 41.0. The topological polar surface area (TPSA) is 97.8 Å². The zero-order valence-electron chi connectivity index (χ0n) is 24.1. The zero-order valence-corrected chi connectivity index (χ0v) is 26.5. The van der Waals surface area contributed by atoms with E-state index in [4.69, 9.17) is 37.7 Å². The molecule has 4 aromatic rings. The van der Waals surface area contributed by atoms with E-state index in [1.54, 1.807) is 6.07 Å². The minimum absolute atomic E-state index is 0.0435. The predicted octanol–water partition coefficient (Wildman–Crippen LogP) is 6.72. The Kier molecular flexibility index (Phi) is 9.46. The van der Waals surface area contributed by atoms with Crippen LogP contribution in [0, 0.1) is 0 Å². The molecule has 2 heterocycles.